The molecule has 0 bridgehead atoms. The molecule has 2 aromatic rings. The number of halogens is 1. The summed E-state index contributed by atoms with van der Waals surface area (Å²) < 4.78 is 0.815. The fourth-order valence-electron chi connectivity index (χ4n) is 1.48. The van der Waals surface area contributed by atoms with Crippen LogP contribution in [0, 0.1) is 0 Å². The molecule has 0 unspecified atom stereocenters. The molecule has 0 amide bonds. The second kappa shape index (κ2) is 6.40. The minimum atomic E-state index is 0.815. The van der Waals surface area contributed by atoms with E-state index in [9.17, 15) is 0 Å². The van der Waals surface area contributed by atoms with E-state index in [1.165, 1.54) is 0 Å². The number of aromatic nitrogens is 2. The summed E-state index contributed by atoms with van der Waals surface area (Å²) in [5.41, 5.74) is 2.74. The standard InChI is InChI=1S/C14H14BrN3/c1-2-8-16-9-11-6-7-12(17-10-11)13-4-3-5-14(15)18-13/h3-7,9-10H,2,8H2,1H3. The van der Waals surface area contributed by atoms with Crippen LogP contribution in [0.1, 0.15) is 18.9 Å². The molecule has 0 aliphatic carbocycles. The van der Waals surface area contributed by atoms with E-state index in [-0.39, 0.29) is 0 Å². The van der Waals surface area contributed by atoms with Gasteiger partial charge in [0.1, 0.15) is 4.60 Å². The molecule has 2 rings (SSSR count). The number of hydrogen-bond donors (Lipinski definition) is 0. The van der Waals surface area contributed by atoms with Crippen molar-refractivity contribution in [1.82, 2.24) is 9.97 Å². The normalized spacial score (nSPS) is 11.0. The molecule has 18 heavy (non-hydrogen) atoms. The summed E-state index contributed by atoms with van der Waals surface area (Å²) in [5, 5.41) is 0. The molecule has 2 heterocycles. The van der Waals surface area contributed by atoms with Crippen molar-refractivity contribution in [1.29, 1.82) is 0 Å². The predicted molar refractivity (Wildman–Crippen MR) is 77.9 cm³/mol. The fraction of sp³-hybridized carbons (Fsp3) is 0.214. The first-order valence-electron chi connectivity index (χ1n) is 5.88. The van der Waals surface area contributed by atoms with Crippen LogP contribution in [0.4, 0.5) is 0 Å². The van der Waals surface area contributed by atoms with Crippen LogP contribution in [-0.4, -0.2) is 22.7 Å². The molecule has 3 nitrogen and oxygen atoms in total. The van der Waals surface area contributed by atoms with Crippen molar-refractivity contribution in [3.63, 3.8) is 0 Å². The highest BCUT2D eigenvalue weighted by atomic mass is 79.9. The molecule has 0 saturated carbocycles. The minimum Gasteiger partial charge on any atom is -0.293 e. The Bertz CT molecular complexity index is 535. The Morgan fingerprint density at radius 2 is 2.11 bits per heavy atom. The molecule has 0 aliphatic heterocycles. The average Bonchev–Trinajstić information content (AvgIpc) is 2.40. The van der Waals surface area contributed by atoms with Gasteiger partial charge in [0.25, 0.3) is 0 Å². The number of rotatable bonds is 4. The highest BCUT2D eigenvalue weighted by Gasteiger charge is 2.00. The lowest BCUT2D eigenvalue weighted by Crippen LogP contribution is -1.90. The summed E-state index contributed by atoms with van der Waals surface area (Å²) in [6.07, 6.45) is 4.73. The van der Waals surface area contributed by atoms with Gasteiger partial charge in [0, 0.05) is 24.5 Å². The third-order valence-electron chi connectivity index (χ3n) is 2.36. The summed E-state index contributed by atoms with van der Waals surface area (Å²) in [6.45, 7) is 2.96. The first-order valence-corrected chi connectivity index (χ1v) is 6.67. The summed E-state index contributed by atoms with van der Waals surface area (Å²) in [6, 6.07) is 9.75. The van der Waals surface area contributed by atoms with Crippen LogP contribution >= 0.6 is 15.9 Å². The van der Waals surface area contributed by atoms with E-state index in [0.717, 1.165) is 34.5 Å². The van der Waals surface area contributed by atoms with Gasteiger partial charge in [0.05, 0.1) is 11.4 Å². The van der Waals surface area contributed by atoms with Crippen molar-refractivity contribution in [2.24, 2.45) is 4.99 Å². The van der Waals surface area contributed by atoms with Gasteiger partial charge in [-0.15, -0.1) is 0 Å². The Hall–Kier alpha value is -1.55. The molecule has 0 fully saturated rings. The smallest absolute Gasteiger partial charge is 0.106 e. The van der Waals surface area contributed by atoms with Crippen LogP contribution in [0.25, 0.3) is 11.4 Å². The lowest BCUT2D eigenvalue weighted by atomic mass is 10.2. The summed E-state index contributed by atoms with van der Waals surface area (Å²) >= 11 is 3.36. The van der Waals surface area contributed by atoms with Crippen LogP contribution in [0.2, 0.25) is 0 Å². The van der Waals surface area contributed by atoms with E-state index >= 15 is 0 Å². The van der Waals surface area contributed by atoms with Gasteiger partial charge in [-0.1, -0.05) is 13.0 Å². The Balaban J connectivity index is 2.17. The van der Waals surface area contributed by atoms with Crippen molar-refractivity contribution in [3.8, 4) is 11.4 Å². The molecule has 0 spiro atoms. The Morgan fingerprint density at radius 3 is 2.78 bits per heavy atom. The largest absolute Gasteiger partial charge is 0.293 e. The molecule has 0 N–H and O–H groups in total. The lowest BCUT2D eigenvalue weighted by Gasteiger charge is -2.00. The van der Waals surface area contributed by atoms with Crippen LogP contribution in [0.5, 0.6) is 0 Å². The van der Waals surface area contributed by atoms with E-state index < -0.39 is 0 Å². The van der Waals surface area contributed by atoms with Gasteiger partial charge in [-0.05, 0) is 46.6 Å². The van der Waals surface area contributed by atoms with Crippen molar-refractivity contribution in [3.05, 3.63) is 46.7 Å². The summed E-state index contributed by atoms with van der Waals surface area (Å²) in [4.78, 5) is 13.1. The number of aliphatic imine (C=N–C) groups is 1. The molecule has 0 radical (unpaired) electrons. The molecular formula is C14H14BrN3. The van der Waals surface area contributed by atoms with Gasteiger partial charge in [-0.2, -0.15) is 0 Å². The second-order valence-electron chi connectivity index (χ2n) is 3.86. The maximum atomic E-state index is 4.39. The summed E-state index contributed by atoms with van der Waals surface area (Å²) in [7, 11) is 0. The van der Waals surface area contributed by atoms with Crippen LogP contribution in [0.15, 0.2) is 46.1 Å². The molecule has 0 aliphatic rings. The van der Waals surface area contributed by atoms with Gasteiger partial charge in [-0.3, -0.25) is 9.98 Å². The topological polar surface area (TPSA) is 38.1 Å². The zero-order valence-electron chi connectivity index (χ0n) is 10.2. The predicted octanol–water partition coefficient (Wildman–Crippen LogP) is 3.74. The van der Waals surface area contributed by atoms with Crippen molar-refractivity contribution >= 4 is 22.1 Å². The monoisotopic (exact) mass is 303 g/mol. The fourth-order valence-corrected chi connectivity index (χ4v) is 1.83. The lowest BCUT2D eigenvalue weighted by molar-refractivity contribution is 0.937. The molecule has 0 aromatic carbocycles. The number of nitrogens with zero attached hydrogens (tertiary/aromatic N) is 3. The van der Waals surface area contributed by atoms with E-state index in [0.29, 0.717) is 0 Å². The molecule has 0 saturated heterocycles. The molecule has 92 valence electrons. The van der Waals surface area contributed by atoms with E-state index in [4.69, 9.17) is 0 Å². The minimum absolute atomic E-state index is 0.815. The van der Waals surface area contributed by atoms with E-state index in [1.807, 2.05) is 42.7 Å². The van der Waals surface area contributed by atoms with E-state index in [2.05, 4.69) is 37.8 Å². The highest BCUT2D eigenvalue weighted by molar-refractivity contribution is 9.10. The Morgan fingerprint density at radius 1 is 1.22 bits per heavy atom. The van der Waals surface area contributed by atoms with Gasteiger partial charge < -0.3 is 0 Å². The van der Waals surface area contributed by atoms with Crippen molar-refractivity contribution < 1.29 is 0 Å². The van der Waals surface area contributed by atoms with Gasteiger partial charge in [-0.25, -0.2) is 4.98 Å². The van der Waals surface area contributed by atoms with Gasteiger partial charge in [0.15, 0.2) is 0 Å². The highest BCUT2D eigenvalue weighted by Crippen LogP contribution is 2.16. The molecular weight excluding hydrogens is 290 g/mol. The quantitative estimate of drug-likeness (QED) is 0.637. The molecule has 0 atom stereocenters. The number of hydrogen-bond acceptors (Lipinski definition) is 3. The first-order chi connectivity index (χ1) is 8.79. The first kappa shape index (κ1) is 12.9. The third-order valence-corrected chi connectivity index (χ3v) is 2.80. The van der Waals surface area contributed by atoms with Gasteiger partial charge in [0.2, 0.25) is 0 Å². The van der Waals surface area contributed by atoms with Crippen molar-refractivity contribution in [2.45, 2.75) is 13.3 Å². The average molecular weight is 304 g/mol. The van der Waals surface area contributed by atoms with E-state index in [1.54, 1.807) is 0 Å². The van der Waals surface area contributed by atoms with Crippen LogP contribution < -0.4 is 0 Å². The summed E-state index contributed by atoms with van der Waals surface area (Å²) in [5.74, 6) is 0. The third kappa shape index (κ3) is 3.47. The zero-order valence-corrected chi connectivity index (χ0v) is 11.8. The number of pyridine rings is 2. The van der Waals surface area contributed by atoms with Gasteiger partial charge >= 0.3 is 0 Å². The Kier molecular flexibility index (Phi) is 4.59. The maximum Gasteiger partial charge on any atom is 0.106 e. The second-order valence-corrected chi connectivity index (χ2v) is 4.67. The van der Waals surface area contributed by atoms with Crippen LogP contribution in [-0.2, 0) is 0 Å². The van der Waals surface area contributed by atoms with Crippen LogP contribution in [0.3, 0.4) is 0 Å². The van der Waals surface area contributed by atoms with Crippen molar-refractivity contribution in [2.75, 3.05) is 6.54 Å². The molecule has 4 heteroatoms. The molecule has 2 aromatic heterocycles. The zero-order chi connectivity index (χ0) is 12.8. The Labute approximate surface area is 115 Å². The SMILES string of the molecule is CCCN=Cc1ccc(-c2cccc(Br)n2)nc1. The maximum absolute atomic E-state index is 4.39.